The number of ether oxygens (including phenoxy) is 1. The summed E-state index contributed by atoms with van der Waals surface area (Å²) in [5.41, 5.74) is 2.69. The number of para-hydroxylation sites is 1. The zero-order valence-corrected chi connectivity index (χ0v) is 21.8. The number of carbonyl (C=O) groups is 1. The summed E-state index contributed by atoms with van der Waals surface area (Å²) in [7, 11) is 0. The van der Waals surface area contributed by atoms with Crippen molar-refractivity contribution in [3.63, 3.8) is 0 Å². The third kappa shape index (κ3) is 3.86. The lowest BCUT2D eigenvalue weighted by Crippen LogP contribution is -3.20. The van der Waals surface area contributed by atoms with Crippen LogP contribution in [0.3, 0.4) is 0 Å². The van der Waals surface area contributed by atoms with Crippen molar-refractivity contribution in [1.82, 2.24) is 4.98 Å². The van der Waals surface area contributed by atoms with Gasteiger partial charge < -0.3 is 9.64 Å². The molecule has 0 spiro atoms. The molecule has 4 heteroatoms. The standard InChI is InChI=1S/C34H32N2O2/c1-2-22-21-36-18-16-23(22)20-31(36)33(29-15-17-35-30-14-8-7-13-28(29)30)38-34(37)32-26-11-5-3-9-24(26)19-25-10-4-6-12-27(25)32/h3-15,17,19,22-23,31,33H,2,16,18,20-21H2,1H3/p+1/t22-,23-,31+,33-/m0/s1. The maximum Gasteiger partial charge on any atom is 0.340 e. The average Bonchev–Trinajstić information content (AvgIpc) is 2.98. The summed E-state index contributed by atoms with van der Waals surface area (Å²) in [6, 6.07) is 29.0. The number of aromatic nitrogens is 1. The van der Waals surface area contributed by atoms with Crippen LogP contribution in [-0.4, -0.2) is 30.1 Å². The van der Waals surface area contributed by atoms with Gasteiger partial charge in [-0.1, -0.05) is 73.7 Å². The molecule has 3 aliphatic rings. The van der Waals surface area contributed by atoms with Gasteiger partial charge in [-0.15, -0.1) is 0 Å². The minimum absolute atomic E-state index is 0.238. The van der Waals surface area contributed by atoms with Gasteiger partial charge in [0.15, 0.2) is 6.10 Å². The molecular weight excluding hydrogens is 468 g/mol. The fraction of sp³-hybridized carbons (Fsp3) is 0.294. The van der Waals surface area contributed by atoms with E-state index in [1.54, 1.807) is 4.90 Å². The first-order valence-corrected chi connectivity index (χ1v) is 14.0. The van der Waals surface area contributed by atoms with Crippen LogP contribution in [0.25, 0.3) is 32.4 Å². The van der Waals surface area contributed by atoms with E-state index >= 15 is 0 Å². The van der Waals surface area contributed by atoms with Gasteiger partial charge in [-0.25, -0.2) is 4.79 Å². The molecular formula is C34H33N2O2+. The van der Waals surface area contributed by atoms with Gasteiger partial charge in [0, 0.05) is 35.9 Å². The van der Waals surface area contributed by atoms with E-state index in [1.165, 1.54) is 19.4 Å². The third-order valence-electron chi connectivity index (χ3n) is 9.20. The van der Waals surface area contributed by atoms with E-state index in [0.717, 1.165) is 56.9 Å². The average molecular weight is 502 g/mol. The highest BCUT2D eigenvalue weighted by Gasteiger charge is 2.48. The quantitative estimate of drug-likeness (QED) is 0.232. The summed E-state index contributed by atoms with van der Waals surface area (Å²) in [5.74, 6) is 1.23. The second-order valence-corrected chi connectivity index (χ2v) is 11.1. The number of rotatable bonds is 5. The van der Waals surface area contributed by atoms with Crippen LogP contribution >= 0.6 is 0 Å². The van der Waals surface area contributed by atoms with Gasteiger partial charge in [0.25, 0.3) is 0 Å². The first kappa shape index (κ1) is 23.4. The first-order chi connectivity index (χ1) is 18.7. The monoisotopic (exact) mass is 501 g/mol. The largest absolute Gasteiger partial charge is 0.447 e. The molecule has 5 aromatic rings. The summed E-state index contributed by atoms with van der Waals surface area (Å²) in [6.45, 7) is 4.64. The number of carbonyl (C=O) groups excluding carboxylic acids is 1. The number of quaternary nitrogens is 1. The molecule has 4 aromatic carbocycles. The lowest BCUT2D eigenvalue weighted by molar-refractivity contribution is -0.950. The lowest BCUT2D eigenvalue weighted by Gasteiger charge is -2.48. The van der Waals surface area contributed by atoms with E-state index in [-0.39, 0.29) is 18.1 Å². The molecule has 3 fully saturated rings. The number of fused-ring (bicyclic) bond motifs is 6. The molecule has 1 N–H and O–H groups in total. The van der Waals surface area contributed by atoms with E-state index in [0.29, 0.717) is 11.5 Å². The fourth-order valence-corrected chi connectivity index (χ4v) is 7.30. The molecule has 0 radical (unpaired) electrons. The summed E-state index contributed by atoms with van der Waals surface area (Å²) < 4.78 is 6.72. The van der Waals surface area contributed by atoms with Crippen molar-refractivity contribution in [1.29, 1.82) is 0 Å². The normalized spacial score (nSPS) is 23.6. The van der Waals surface area contributed by atoms with Gasteiger partial charge in [0.2, 0.25) is 0 Å². The van der Waals surface area contributed by atoms with Gasteiger partial charge in [-0.05, 0) is 52.1 Å². The summed E-state index contributed by atoms with van der Waals surface area (Å²) in [6.07, 6.45) is 5.14. The molecule has 4 heterocycles. The molecule has 5 atom stereocenters. The molecule has 190 valence electrons. The summed E-state index contributed by atoms with van der Waals surface area (Å²) >= 11 is 0. The smallest absolute Gasteiger partial charge is 0.340 e. The molecule has 0 aliphatic carbocycles. The number of pyridine rings is 1. The Morgan fingerprint density at radius 3 is 2.32 bits per heavy atom. The Hall–Kier alpha value is -3.76. The molecule has 1 aromatic heterocycles. The predicted molar refractivity (Wildman–Crippen MR) is 152 cm³/mol. The van der Waals surface area contributed by atoms with Gasteiger partial charge in [0.05, 0.1) is 24.2 Å². The molecule has 38 heavy (non-hydrogen) atoms. The van der Waals surface area contributed by atoms with Crippen LogP contribution in [0, 0.1) is 11.8 Å². The maximum absolute atomic E-state index is 14.3. The second kappa shape index (κ2) is 9.52. The first-order valence-electron chi connectivity index (χ1n) is 14.0. The zero-order chi connectivity index (χ0) is 25.6. The minimum atomic E-state index is -0.330. The van der Waals surface area contributed by atoms with E-state index in [1.807, 2.05) is 54.7 Å². The topological polar surface area (TPSA) is 43.6 Å². The van der Waals surface area contributed by atoms with Crippen molar-refractivity contribution < 1.29 is 14.4 Å². The minimum Gasteiger partial charge on any atom is -0.447 e. The van der Waals surface area contributed by atoms with Gasteiger partial charge in [-0.3, -0.25) is 4.98 Å². The van der Waals surface area contributed by atoms with Gasteiger partial charge >= 0.3 is 5.97 Å². The Bertz CT molecular complexity index is 1600. The Morgan fingerprint density at radius 1 is 0.947 bits per heavy atom. The van der Waals surface area contributed by atoms with E-state index in [2.05, 4.69) is 48.3 Å². The van der Waals surface area contributed by atoms with Crippen LogP contribution in [0.15, 0.2) is 91.1 Å². The van der Waals surface area contributed by atoms with Crippen molar-refractivity contribution >= 4 is 38.4 Å². The summed E-state index contributed by atoms with van der Waals surface area (Å²) in [5, 5.41) is 5.07. The maximum atomic E-state index is 14.3. The molecule has 8 rings (SSSR count). The number of esters is 1. The third-order valence-corrected chi connectivity index (χ3v) is 9.20. The fourth-order valence-electron chi connectivity index (χ4n) is 7.30. The van der Waals surface area contributed by atoms with Crippen molar-refractivity contribution in [2.45, 2.75) is 38.3 Å². The Balaban J connectivity index is 1.36. The summed E-state index contributed by atoms with van der Waals surface area (Å²) in [4.78, 5) is 20.5. The number of hydrogen-bond acceptors (Lipinski definition) is 3. The molecule has 2 bridgehead atoms. The molecule has 0 saturated carbocycles. The predicted octanol–water partition coefficient (Wildman–Crippen LogP) is 6.14. The molecule has 3 aliphatic heterocycles. The molecule has 3 saturated heterocycles. The van der Waals surface area contributed by atoms with Crippen molar-refractivity contribution in [3.05, 3.63) is 102 Å². The van der Waals surface area contributed by atoms with Crippen molar-refractivity contribution in [2.24, 2.45) is 11.8 Å². The van der Waals surface area contributed by atoms with Crippen LogP contribution in [0.4, 0.5) is 0 Å². The van der Waals surface area contributed by atoms with Crippen LogP contribution in [0.2, 0.25) is 0 Å². The molecule has 4 nitrogen and oxygen atoms in total. The number of benzene rings is 4. The van der Waals surface area contributed by atoms with Crippen molar-refractivity contribution in [2.75, 3.05) is 13.1 Å². The van der Waals surface area contributed by atoms with Crippen LogP contribution in [0.5, 0.6) is 0 Å². The number of nitrogens with one attached hydrogen (secondary N) is 1. The van der Waals surface area contributed by atoms with Crippen molar-refractivity contribution in [3.8, 4) is 0 Å². The van der Waals surface area contributed by atoms with E-state index < -0.39 is 0 Å². The highest BCUT2D eigenvalue weighted by atomic mass is 16.5. The second-order valence-electron chi connectivity index (χ2n) is 11.1. The molecule has 1 unspecified atom stereocenters. The highest BCUT2D eigenvalue weighted by molar-refractivity contribution is 6.16. The Labute approximate surface area is 223 Å². The van der Waals surface area contributed by atoms with Gasteiger partial charge in [-0.2, -0.15) is 0 Å². The van der Waals surface area contributed by atoms with E-state index in [4.69, 9.17) is 4.74 Å². The Kier molecular flexibility index (Phi) is 5.85. The zero-order valence-electron chi connectivity index (χ0n) is 21.8. The molecule has 0 amide bonds. The lowest BCUT2D eigenvalue weighted by atomic mass is 9.72. The number of piperidine rings is 3. The number of nitrogens with zero attached hydrogens (tertiary/aromatic N) is 1. The van der Waals surface area contributed by atoms with Crippen LogP contribution < -0.4 is 4.90 Å². The number of hydrogen-bond donors (Lipinski definition) is 1. The van der Waals surface area contributed by atoms with Crippen LogP contribution in [-0.2, 0) is 4.74 Å². The van der Waals surface area contributed by atoms with E-state index in [9.17, 15) is 4.79 Å². The van der Waals surface area contributed by atoms with Crippen LogP contribution in [0.1, 0.15) is 48.2 Å². The SMILES string of the molecule is CC[C@H]1C[NH+]2CC[C@H]1C[C@@H]2[C@@H](OC(=O)c1c2ccccc2cc2ccccc12)c1ccnc2ccccc12. The Morgan fingerprint density at radius 2 is 1.63 bits per heavy atom. The van der Waals surface area contributed by atoms with Gasteiger partial charge in [0.1, 0.15) is 6.04 Å². The highest BCUT2D eigenvalue weighted by Crippen LogP contribution is 2.38.